The Kier molecular flexibility index (Phi) is 9.46. The fourth-order valence-corrected chi connectivity index (χ4v) is 1.22. The molecule has 19 heavy (non-hydrogen) atoms. The molecule has 0 atom stereocenters. The molecule has 0 saturated heterocycles. The Balaban J connectivity index is 3.78. The van der Waals surface area contributed by atoms with Crippen LogP contribution in [-0.2, 0) is 14.3 Å². The molecule has 0 aromatic rings. The second kappa shape index (κ2) is 10.3. The van der Waals surface area contributed by atoms with E-state index in [9.17, 15) is 9.59 Å². The number of carbonyl (C=O) groups excluding carboxylic acids is 2. The van der Waals surface area contributed by atoms with Gasteiger partial charge in [-0.25, -0.2) is 9.59 Å². The zero-order chi connectivity index (χ0) is 14.7. The summed E-state index contributed by atoms with van der Waals surface area (Å²) >= 11 is 0. The minimum absolute atomic E-state index is 0.0868. The molecular formula is C12H23N3O4. The Morgan fingerprint density at radius 3 is 2.26 bits per heavy atom. The molecule has 0 saturated carbocycles. The van der Waals surface area contributed by atoms with Crippen molar-refractivity contribution in [2.75, 3.05) is 40.3 Å². The first kappa shape index (κ1) is 17.4. The SMILES string of the molecule is C=C(C)C(=O)OCCNC(=O)OC(CNC)CNC. The lowest BCUT2D eigenvalue weighted by Crippen LogP contribution is -2.40. The molecule has 0 aliphatic rings. The van der Waals surface area contributed by atoms with E-state index < -0.39 is 12.1 Å². The van der Waals surface area contributed by atoms with Crippen LogP contribution in [-0.4, -0.2) is 58.5 Å². The van der Waals surface area contributed by atoms with Gasteiger partial charge in [0.1, 0.15) is 12.7 Å². The first-order valence-electron chi connectivity index (χ1n) is 6.07. The maximum absolute atomic E-state index is 11.4. The number of amides is 1. The van der Waals surface area contributed by atoms with Gasteiger partial charge in [-0.1, -0.05) is 6.58 Å². The van der Waals surface area contributed by atoms with Crippen molar-refractivity contribution in [1.82, 2.24) is 16.0 Å². The van der Waals surface area contributed by atoms with Crippen LogP contribution in [0.2, 0.25) is 0 Å². The number of rotatable bonds is 9. The summed E-state index contributed by atoms with van der Waals surface area (Å²) in [5.74, 6) is -0.474. The summed E-state index contributed by atoms with van der Waals surface area (Å²) in [6.07, 6.45) is -0.796. The molecule has 0 spiro atoms. The van der Waals surface area contributed by atoms with Gasteiger partial charge in [0.15, 0.2) is 0 Å². The van der Waals surface area contributed by atoms with Crippen molar-refractivity contribution in [3.63, 3.8) is 0 Å². The molecule has 7 nitrogen and oxygen atoms in total. The van der Waals surface area contributed by atoms with Crippen LogP contribution in [0.1, 0.15) is 6.92 Å². The van der Waals surface area contributed by atoms with E-state index in [-0.39, 0.29) is 19.3 Å². The second-order valence-electron chi connectivity index (χ2n) is 3.99. The lowest BCUT2D eigenvalue weighted by Gasteiger charge is -2.17. The van der Waals surface area contributed by atoms with Crippen molar-refractivity contribution in [3.05, 3.63) is 12.2 Å². The Morgan fingerprint density at radius 1 is 1.21 bits per heavy atom. The monoisotopic (exact) mass is 273 g/mol. The number of ether oxygens (including phenoxy) is 2. The number of carbonyl (C=O) groups is 2. The Bertz CT molecular complexity index is 301. The Labute approximate surface area is 113 Å². The molecule has 0 radical (unpaired) electrons. The average Bonchev–Trinajstić information content (AvgIpc) is 2.34. The first-order valence-corrected chi connectivity index (χ1v) is 6.07. The summed E-state index contributed by atoms with van der Waals surface area (Å²) in [5, 5.41) is 8.36. The van der Waals surface area contributed by atoms with Crippen molar-refractivity contribution in [3.8, 4) is 0 Å². The summed E-state index contributed by atoms with van der Waals surface area (Å²) in [6.45, 7) is 6.40. The molecule has 110 valence electrons. The van der Waals surface area contributed by atoms with E-state index in [1.165, 1.54) is 0 Å². The zero-order valence-electron chi connectivity index (χ0n) is 11.7. The van der Waals surface area contributed by atoms with Crippen LogP contribution in [0, 0.1) is 0 Å². The molecule has 0 bridgehead atoms. The van der Waals surface area contributed by atoms with Crippen molar-refractivity contribution in [2.24, 2.45) is 0 Å². The van der Waals surface area contributed by atoms with Crippen LogP contribution in [0.15, 0.2) is 12.2 Å². The van der Waals surface area contributed by atoms with E-state index in [4.69, 9.17) is 9.47 Å². The molecule has 0 aliphatic heterocycles. The Hall–Kier alpha value is -1.60. The highest BCUT2D eigenvalue weighted by molar-refractivity contribution is 5.86. The first-order chi connectivity index (χ1) is 9.01. The van der Waals surface area contributed by atoms with Gasteiger partial charge in [0.25, 0.3) is 0 Å². The summed E-state index contributed by atoms with van der Waals surface area (Å²) in [4.78, 5) is 22.5. The lowest BCUT2D eigenvalue weighted by atomic mass is 10.3. The number of hydrogen-bond donors (Lipinski definition) is 3. The molecule has 0 unspecified atom stereocenters. The molecule has 7 heteroatoms. The normalized spacial score (nSPS) is 10.1. The lowest BCUT2D eigenvalue weighted by molar-refractivity contribution is -0.138. The van der Waals surface area contributed by atoms with Gasteiger partial charge in [-0.2, -0.15) is 0 Å². The summed E-state index contributed by atoms with van der Waals surface area (Å²) in [5.41, 5.74) is 0.325. The average molecular weight is 273 g/mol. The van der Waals surface area contributed by atoms with E-state index in [0.29, 0.717) is 18.7 Å². The van der Waals surface area contributed by atoms with Crippen LogP contribution < -0.4 is 16.0 Å². The van der Waals surface area contributed by atoms with Gasteiger partial charge in [0, 0.05) is 18.7 Å². The van der Waals surface area contributed by atoms with E-state index in [1.807, 2.05) is 0 Å². The van der Waals surface area contributed by atoms with Crippen molar-refractivity contribution < 1.29 is 19.1 Å². The number of nitrogens with one attached hydrogen (secondary N) is 3. The highest BCUT2D eigenvalue weighted by Gasteiger charge is 2.12. The second-order valence-corrected chi connectivity index (χ2v) is 3.99. The van der Waals surface area contributed by atoms with Crippen molar-refractivity contribution in [2.45, 2.75) is 13.0 Å². The molecule has 0 fully saturated rings. The van der Waals surface area contributed by atoms with E-state index in [2.05, 4.69) is 22.5 Å². The zero-order valence-corrected chi connectivity index (χ0v) is 11.7. The van der Waals surface area contributed by atoms with Gasteiger partial charge in [-0.15, -0.1) is 0 Å². The van der Waals surface area contributed by atoms with E-state index >= 15 is 0 Å². The third kappa shape index (κ3) is 9.04. The van der Waals surface area contributed by atoms with Crippen molar-refractivity contribution in [1.29, 1.82) is 0 Å². The smallest absolute Gasteiger partial charge is 0.407 e. The highest BCUT2D eigenvalue weighted by atomic mass is 16.6. The maximum atomic E-state index is 11.4. The third-order valence-corrected chi connectivity index (χ3v) is 2.09. The third-order valence-electron chi connectivity index (χ3n) is 2.09. The van der Waals surface area contributed by atoms with Crippen LogP contribution in [0.5, 0.6) is 0 Å². The predicted octanol–water partition coefficient (Wildman–Crippen LogP) is -0.361. The number of hydrogen-bond acceptors (Lipinski definition) is 6. The predicted molar refractivity (Wildman–Crippen MR) is 71.9 cm³/mol. The summed E-state index contributed by atoms with van der Waals surface area (Å²) in [7, 11) is 3.56. The van der Waals surface area contributed by atoms with Crippen LogP contribution >= 0.6 is 0 Å². The molecule has 0 rings (SSSR count). The van der Waals surface area contributed by atoms with Gasteiger partial charge in [0.05, 0.1) is 6.54 Å². The van der Waals surface area contributed by atoms with Gasteiger partial charge >= 0.3 is 12.1 Å². The summed E-state index contributed by atoms with van der Waals surface area (Å²) < 4.78 is 9.97. The van der Waals surface area contributed by atoms with Gasteiger partial charge in [-0.05, 0) is 21.0 Å². The number of likely N-dealkylation sites (N-methyl/N-ethyl adjacent to an activating group) is 2. The van der Waals surface area contributed by atoms with E-state index in [1.54, 1.807) is 21.0 Å². The molecule has 3 N–H and O–H groups in total. The minimum Gasteiger partial charge on any atom is -0.460 e. The van der Waals surface area contributed by atoms with Crippen LogP contribution in [0.3, 0.4) is 0 Å². The molecule has 0 heterocycles. The fraction of sp³-hybridized carbons (Fsp3) is 0.667. The van der Waals surface area contributed by atoms with Gasteiger partial charge < -0.3 is 25.4 Å². The molecule has 1 amide bonds. The molecular weight excluding hydrogens is 250 g/mol. The van der Waals surface area contributed by atoms with Crippen LogP contribution in [0.25, 0.3) is 0 Å². The topological polar surface area (TPSA) is 88.7 Å². The van der Waals surface area contributed by atoms with Gasteiger partial charge in [0.2, 0.25) is 0 Å². The largest absolute Gasteiger partial charge is 0.460 e. The van der Waals surface area contributed by atoms with Crippen LogP contribution in [0.4, 0.5) is 4.79 Å². The minimum atomic E-state index is -0.540. The maximum Gasteiger partial charge on any atom is 0.407 e. The van der Waals surface area contributed by atoms with E-state index in [0.717, 1.165) is 0 Å². The molecule has 0 aromatic carbocycles. The Morgan fingerprint density at radius 2 is 1.79 bits per heavy atom. The standard InChI is InChI=1S/C12H23N3O4/c1-9(2)11(16)18-6-5-15-12(17)19-10(7-13-3)8-14-4/h10,13-14H,1,5-8H2,2-4H3,(H,15,17). The van der Waals surface area contributed by atoms with Gasteiger partial charge in [-0.3, -0.25) is 0 Å². The molecule has 0 aliphatic carbocycles. The molecule has 0 aromatic heterocycles. The quantitative estimate of drug-likeness (QED) is 0.302. The summed E-state index contributed by atoms with van der Waals surface area (Å²) in [6, 6.07) is 0. The number of esters is 1. The number of alkyl carbamates (subject to hydrolysis) is 1. The highest BCUT2D eigenvalue weighted by Crippen LogP contribution is 1.92. The fourth-order valence-electron chi connectivity index (χ4n) is 1.22. The van der Waals surface area contributed by atoms with Crippen molar-refractivity contribution >= 4 is 12.1 Å².